The Balaban J connectivity index is 0.000000244. The molecule has 0 spiro atoms. The van der Waals surface area contributed by atoms with E-state index >= 15 is 0 Å². The SMILES string of the molecule is CC.O=C1CCCCC1.OC1CCCCC1. The van der Waals surface area contributed by atoms with Crippen molar-refractivity contribution in [2.45, 2.75) is 84.2 Å². The molecule has 0 aromatic rings. The molecule has 0 aliphatic heterocycles. The Morgan fingerprint density at radius 3 is 1.56 bits per heavy atom. The predicted molar refractivity (Wildman–Crippen MR) is 68.5 cm³/mol. The summed E-state index contributed by atoms with van der Waals surface area (Å²) in [7, 11) is 0. The number of ketones is 1. The van der Waals surface area contributed by atoms with E-state index in [0.717, 1.165) is 38.5 Å². The van der Waals surface area contributed by atoms with Crippen molar-refractivity contribution in [3.05, 3.63) is 0 Å². The second-order valence-electron chi connectivity index (χ2n) is 4.39. The number of carbonyl (C=O) groups is 1. The summed E-state index contributed by atoms with van der Waals surface area (Å²) in [6, 6.07) is 0. The molecule has 0 aromatic carbocycles. The van der Waals surface area contributed by atoms with Crippen LogP contribution in [0.25, 0.3) is 0 Å². The Morgan fingerprint density at radius 1 is 0.875 bits per heavy atom. The van der Waals surface area contributed by atoms with Gasteiger partial charge in [0.1, 0.15) is 5.78 Å². The molecule has 0 amide bonds. The van der Waals surface area contributed by atoms with Crippen molar-refractivity contribution in [1.82, 2.24) is 0 Å². The monoisotopic (exact) mass is 228 g/mol. The molecule has 0 heterocycles. The molecule has 2 saturated carbocycles. The molecule has 0 atom stereocenters. The Kier molecular flexibility index (Phi) is 10.9. The first-order valence-corrected chi connectivity index (χ1v) is 6.99. The van der Waals surface area contributed by atoms with E-state index in [1.807, 2.05) is 13.8 Å². The molecule has 0 radical (unpaired) electrons. The lowest BCUT2D eigenvalue weighted by Crippen LogP contribution is -2.09. The smallest absolute Gasteiger partial charge is 0.132 e. The van der Waals surface area contributed by atoms with Crippen molar-refractivity contribution in [2.24, 2.45) is 0 Å². The maximum absolute atomic E-state index is 10.5. The van der Waals surface area contributed by atoms with Crippen LogP contribution in [0.4, 0.5) is 0 Å². The third-order valence-corrected chi connectivity index (χ3v) is 2.99. The highest BCUT2D eigenvalue weighted by Crippen LogP contribution is 2.16. The first kappa shape index (κ1) is 15.6. The van der Waals surface area contributed by atoms with Gasteiger partial charge in [-0.2, -0.15) is 0 Å². The molecule has 2 fully saturated rings. The average Bonchev–Trinajstić information content (AvgIpc) is 2.34. The lowest BCUT2D eigenvalue weighted by molar-refractivity contribution is -0.120. The number of Topliss-reactive ketones (excluding diaryl/α,β-unsaturated/α-hetero) is 1. The maximum atomic E-state index is 10.5. The highest BCUT2D eigenvalue weighted by Gasteiger charge is 2.07. The van der Waals surface area contributed by atoms with Crippen molar-refractivity contribution in [3.8, 4) is 0 Å². The summed E-state index contributed by atoms with van der Waals surface area (Å²) in [5, 5.41) is 8.91. The third-order valence-electron chi connectivity index (χ3n) is 2.99. The summed E-state index contributed by atoms with van der Waals surface area (Å²) in [6.07, 6.45) is 11.2. The summed E-state index contributed by atoms with van der Waals surface area (Å²) >= 11 is 0. The van der Waals surface area contributed by atoms with Gasteiger partial charge in [0.15, 0.2) is 0 Å². The summed E-state index contributed by atoms with van der Waals surface area (Å²) in [5.74, 6) is 0.464. The molecule has 0 aromatic heterocycles. The highest BCUT2D eigenvalue weighted by molar-refractivity contribution is 5.78. The van der Waals surface area contributed by atoms with Gasteiger partial charge in [0.25, 0.3) is 0 Å². The van der Waals surface area contributed by atoms with Crippen molar-refractivity contribution in [3.63, 3.8) is 0 Å². The quantitative estimate of drug-likeness (QED) is 0.683. The normalized spacial score (nSPS) is 21.3. The van der Waals surface area contributed by atoms with Gasteiger partial charge in [0, 0.05) is 12.8 Å². The van der Waals surface area contributed by atoms with Crippen LogP contribution in [0.5, 0.6) is 0 Å². The first-order valence-electron chi connectivity index (χ1n) is 6.99. The van der Waals surface area contributed by atoms with Gasteiger partial charge in [0.2, 0.25) is 0 Å². The maximum Gasteiger partial charge on any atom is 0.132 e. The van der Waals surface area contributed by atoms with Crippen molar-refractivity contribution in [2.75, 3.05) is 0 Å². The van der Waals surface area contributed by atoms with Gasteiger partial charge >= 0.3 is 0 Å². The van der Waals surface area contributed by atoms with E-state index in [-0.39, 0.29) is 6.10 Å². The van der Waals surface area contributed by atoms with E-state index in [9.17, 15) is 4.79 Å². The van der Waals surface area contributed by atoms with Crippen LogP contribution in [-0.2, 0) is 4.79 Å². The Hall–Kier alpha value is -0.370. The zero-order valence-corrected chi connectivity index (χ0v) is 11.0. The molecule has 0 saturated heterocycles. The fourth-order valence-electron chi connectivity index (χ4n) is 2.03. The van der Waals surface area contributed by atoms with Crippen LogP contribution < -0.4 is 0 Å². The summed E-state index contributed by atoms with van der Waals surface area (Å²) in [5.41, 5.74) is 0. The van der Waals surface area contributed by atoms with E-state index in [1.165, 1.54) is 25.7 Å². The summed E-state index contributed by atoms with van der Waals surface area (Å²) in [4.78, 5) is 10.5. The molecular formula is C14H28O2. The lowest BCUT2D eigenvalue weighted by atomic mass is 9.98. The Bertz CT molecular complexity index is 152. The van der Waals surface area contributed by atoms with Gasteiger partial charge < -0.3 is 5.11 Å². The topological polar surface area (TPSA) is 37.3 Å². The van der Waals surface area contributed by atoms with Crippen molar-refractivity contribution < 1.29 is 9.90 Å². The van der Waals surface area contributed by atoms with Gasteiger partial charge in [-0.3, -0.25) is 4.79 Å². The van der Waals surface area contributed by atoms with Crippen molar-refractivity contribution >= 4 is 5.78 Å². The number of rotatable bonds is 0. The zero-order chi connectivity index (χ0) is 12.2. The van der Waals surface area contributed by atoms with Crippen molar-refractivity contribution in [1.29, 1.82) is 0 Å². The second-order valence-corrected chi connectivity index (χ2v) is 4.39. The molecule has 2 aliphatic rings. The van der Waals surface area contributed by atoms with Crippen LogP contribution in [0, 0.1) is 0 Å². The molecule has 0 unspecified atom stereocenters. The second kappa shape index (κ2) is 11.1. The number of hydrogen-bond acceptors (Lipinski definition) is 2. The molecule has 16 heavy (non-hydrogen) atoms. The van der Waals surface area contributed by atoms with Crippen LogP contribution in [0.3, 0.4) is 0 Å². The van der Waals surface area contributed by atoms with Gasteiger partial charge in [-0.15, -0.1) is 0 Å². The number of hydrogen-bond donors (Lipinski definition) is 1. The van der Waals surface area contributed by atoms with Crippen LogP contribution >= 0.6 is 0 Å². The molecule has 2 rings (SSSR count). The summed E-state index contributed by atoms with van der Waals surface area (Å²) in [6.45, 7) is 4.00. The molecule has 96 valence electrons. The number of aliphatic hydroxyl groups is 1. The minimum absolute atomic E-state index is 0.0359. The van der Waals surface area contributed by atoms with E-state index in [1.54, 1.807) is 0 Å². The van der Waals surface area contributed by atoms with Crippen LogP contribution in [0.1, 0.15) is 78.1 Å². The fraction of sp³-hybridized carbons (Fsp3) is 0.929. The van der Waals surface area contributed by atoms with Crippen LogP contribution in [0.2, 0.25) is 0 Å². The minimum atomic E-state index is 0.0359. The van der Waals surface area contributed by atoms with E-state index in [4.69, 9.17) is 5.11 Å². The molecule has 1 N–H and O–H groups in total. The van der Waals surface area contributed by atoms with Gasteiger partial charge in [0.05, 0.1) is 6.10 Å². The lowest BCUT2D eigenvalue weighted by Gasteiger charge is -2.14. The Morgan fingerprint density at radius 2 is 1.31 bits per heavy atom. The largest absolute Gasteiger partial charge is 0.393 e. The van der Waals surface area contributed by atoms with Gasteiger partial charge in [-0.1, -0.05) is 39.5 Å². The molecular weight excluding hydrogens is 200 g/mol. The van der Waals surface area contributed by atoms with E-state index in [2.05, 4.69) is 0 Å². The minimum Gasteiger partial charge on any atom is -0.393 e. The van der Waals surface area contributed by atoms with E-state index < -0.39 is 0 Å². The highest BCUT2D eigenvalue weighted by atomic mass is 16.3. The number of aliphatic hydroxyl groups excluding tert-OH is 1. The molecule has 2 nitrogen and oxygen atoms in total. The standard InChI is InChI=1S/C6H12O.C6H10O.C2H6/c2*7-6-4-2-1-3-5-6;1-2/h6-7H,1-5H2;1-5H2;1-2H3. The average molecular weight is 228 g/mol. The van der Waals surface area contributed by atoms with E-state index in [0.29, 0.717) is 5.78 Å². The van der Waals surface area contributed by atoms with Gasteiger partial charge in [-0.25, -0.2) is 0 Å². The fourth-order valence-corrected chi connectivity index (χ4v) is 2.03. The molecule has 2 aliphatic carbocycles. The Labute approximate surface area is 100 Å². The number of carbonyl (C=O) groups excluding carboxylic acids is 1. The van der Waals surface area contributed by atoms with Crippen LogP contribution in [-0.4, -0.2) is 17.0 Å². The zero-order valence-electron chi connectivity index (χ0n) is 11.0. The predicted octanol–water partition coefficient (Wildman–Crippen LogP) is 3.86. The molecule has 0 bridgehead atoms. The van der Waals surface area contributed by atoms with Gasteiger partial charge in [-0.05, 0) is 25.7 Å². The summed E-state index contributed by atoms with van der Waals surface area (Å²) < 4.78 is 0. The third kappa shape index (κ3) is 8.90. The first-order chi connectivity index (χ1) is 7.79. The van der Waals surface area contributed by atoms with Crippen LogP contribution in [0.15, 0.2) is 0 Å². The molecule has 2 heteroatoms.